The van der Waals surface area contributed by atoms with E-state index in [0.717, 1.165) is 6.20 Å². The van der Waals surface area contributed by atoms with Crippen molar-refractivity contribution in [2.75, 3.05) is 19.4 Å². The van der Waals surface area contributed by atoms with E-state index in [0.29, 0.717) is 16.9 Å². The van der Waals surface area contributed by atoms with E-state index in [-0.39, 0.29) is 11.6 Å². The first-order chi connectivity index (χ1) is 10.7. The number of pyridine rings is 1. The second kappa shape index (κ2) is 6.28. The molecule has 4 nitrogen and oxygen atoms in total. The van der Waals surface area contributed by atoms with E-state index >= 15 is 0 Å². The van der Waals surface area contributed by atoms with Crippen molar-refractivity contribution in [3.05, 3.63) is 53.3 Å². The number of aromatic nitrogens is 1. The second-order valence-electron chi connectivity index (χ2n) is 5.24. The van der Waals surface area contributed by atoms with Crippen molar-refractivity contribution in [3.63, 3.8) is 0 Å². The Morgan fingerprint density at radius 2 is 1.83 bits per heavy atom. The molecule has 0 bridgehead atoms. The Morgan fingerprint density at radius 3 is 2.43 bits per heavy atom. The highest BCUT2D eigenvalue weighted by molar-refractivity contribution is 6.00. The lowest BCUT2D eigenvalue weighted by Gasteiger charge is -2.18. The number of nitrogens with one attached hydrogen (secondary N) is 1. The molecule has 1 aromatic carbocycles. The minimum absolute atomic E-state index is 0.135. The predicted octanol–water partition coefficient (Wildman–Crippen LogP) is 3.85. The molecule has 0 atom stereocenters. The summed E-state index contributed by atoms with van der Waals surface area (Å²) < 4.78 is 39.3. The third-order valence-corrected chi connectivity index (χ3v) is 3.18. The van der Waals surface area contributed by atoms with Gasteiger partial charge in [0.15, 0.2) is 0 Å². The molecule has 122 valence electrons. The van der Waals surface area contributed by atoms with Crippen LogP contribution in [0.15, 0.2) is 36.5 Å². The maximum Gasteiger partial charge on any atom is 0.419 e. The number of amides is 1. The zero-order valence-electron chi connectivity index (χ0n) is 12.9. The van der Waals surface area contributed by atoms with Crippen LogP contribution < -0.4 is 5.32 Å². The number of aryl methyl sites for hydroxylation is 1. The summed E-state index contributed by atoms with van der Waals surface area (Å²) in [4.78, 5) is 17.2. The molecule has 0 unspecified atom stereocenters. The van der Waals surface area contributed by atoms with Gasteiger partial charge in [0, 0.05) is 26.0 Å². The van der Waals surface area contributed by atoms with Gasteiger partial charge in [0.25, 0.3) is 5.91 Å². The van der Waals surface area contributed by atoms with E-state index in [4.69, 9.17) is 0 Å². The van der Waals surface area contributed by atoms with E-state index in [1.54, 1.807) is 45.3 Å². The summed E-state index contributed by atoms with van der Waals surface area (Å²) in [5.74, 6) is -0.299. The fourth-order valence-corrected chi connectivity index (χ4v) is 2.05. The smallest absolute Gasteiger partial charge is 0.354 e. The molecule has 0 saturated heterocycles. The summed E-state index contributed by atoms with van der Waals surface area (Å²) in [5, 5.41) is 2.72. The molecule has 0 aliphatic carbocycles. The van der Waals surface area contributed by atoms with Crippen LogP contribution in [0.1, 0.15) is 21.6 Å². The largest absolute Gasteiger partial charge is 0.419 e. The van der Waals surface area contributed by atoms with Gasteiger partial charge in [0.2, 0.25) is 0 Å². The lowest BCUT2D eigenvalue weighted by atomic mass is 10.1. The highest BCUT2D eigenvalue weighted by Gasteiger charge is 2.34. The maximum atomic E-state index is 13.1. The van der Waals surface area contributed by atoms with Crippen LogP contribution in [0.2, 0.25) is 0 Å². The Labute approximate surface area is 132 Å². The Kier molecular flexibility index (Phi) is 4.58. The normalized spacial score (nSPS) is 11.2. The van der Waals surface area contributed by atoms with Crippen LogP contribution in [0.25, 0.3) is 0 Å². The van der Waals surface area contributed by atoms with Crippen LogP contribution >= 0.6 is 0 Å². The average molecular weight is 323 g/mol. The van der Waals surface area contributed by atoms with Gasteiger partial charge >= 0.3 is 6.18 Å². The summed E-state index contributed by atoms with van der Waals surface area (Å²) >= 11 is 0. The van der Waals surface area contributed by atoms with Crippen LogP contribution in [0.3, 0.4) is 0 Å². The fourth-order valence-electron chi connectivity index (χ4n) is 2.05. The highest BCUT2D eigenvalue weighted by Crippen LogP contribution is 2.36. The molecule has 7 heteroatoms. The molecule has 0 saturated carbocycles. The number of anilines is 2. The van der Waals surface area contributed by atoms with Crippen LogP contribution in [0.5, 0.6) is 0 Å². The number of rotatable bonds is 3. The van der Waals surface area contributed by atoms with Gasteiger partial charge in [-0.15, -0.1) is 0 Å². The molecular formula is C16H16F3N3O. The number of para-hydroxylation sites is 1. The molecule has 0 aliphatic rings. The van der Waals surface area contributed by atoms with Gasteiger partial charge in [0.05, 0.1) is 22.5 Å². The first-order valence-corrected chi connectivity index (χ1v) is 6.81. The topological polar surface area (TPSA) is 45.2 Å². The zero-order valence-corrected chi connectivity index (χ0v) is 12.9. The van der Waals surface area contributed by atoms with E-state index in [1.807, 2.05) is 0 Å². The van der Waals surface area contributed by atoms with Crippen LogP contribution in [0, 0.1) is 6.92 Å². The van der Waals surface area contributed by atoms with E-state index in [2.05, 4.69) is 10.3 Å². The van der Waals surface area contributed by atoms with Crippen molar-refractivity contribution >= 4 is 17.3 Å². The van der Waals surface area contributed by atoms with Gasteiger partial charge in [-0.3, -0.25) is 9.78 Å². The molecule has 2 rings (SSSR count). The van der Waals surface area contributed by atoms with Gasteiger partial charge < -0.3 is 10.2 Å². The third-order valence-electron chi connectivity index (χ3n) is 3.18. The van der Waals surface area contributed by atoms with Crippen LogP contribution in [0.4, 0.5) is 24.5 Å². The Morgan fingerprint density at radius 1 is 1.17 bits per heavy atom. The molecule has 0 radical (unpaired) electrons. The second-order valence-corrected chi connectivity index (χ2v) is 5.24. The van der Waals surface area contributed by atoms with Crippen molar-refractivity contribution in [3.8, 4) is 0 Å². The first-order valence-electron chi connectivity index (χ1n) is 6.81. The first kappa shape index (κ1) is 16.8. The minimum atomic E-state index is -4.54. The van der Waals surface area contributed by atoms with E-state index in [9.17, 15) is 18.0 Å². The van der Waals surface area contributed by atoms with Gasteiger partial charge in [-0.25, -0.2) is 0 Å². The summed E-state index contributed by atoms with van der Waals surface area (Å²) in [6.07, 6.45) is -3.75. The monoisotopic (exact) mass is 323 g/mol. The van der Waals surface area contributed by atoms with E-state index < -0.39 is 11.7 Å². The Hall–Kier alpha value is -2.57. The number of carbonyl (C=O) groups is 1. The molecule has 2 aromatic rings. The molecule has 23 heavy (non-hydrogen) atoms. The number of hydrogen-bond acceptors (Lipinski definition) is 3. The highest BCUT2D eigenvalue weighted by atomic mass is 19.4. The standard InChI is InChI=1S/C16H16F3N3O/c1-10-8-14(12(9-20-10)16(17,18)19)21-13-7-5-4-6-11(13)15(23)22(2)3/h4-9H,1-3H3,(H,20,21). The van der Waals surface area contributed by atoms with Crippen molar-refractivity contribution in [2.45, 2.75) is 13.1 Å². The zero-order chi connectivity index (χ0) is 17.2. The Balaban J connectivity index is 2.49. The molecule has 1 heterocycles. The minimum Gasteiger partial charge on any atom is -0.354 e. The number of hydrogen-bond donors (Lipinski definition) is 1. The quantitative estimate of drug-likeness (QED) is 0.933. The maximum absolute atomic E-state index is 13.1. The number of halogens is 3. The van der Waals surface area contributed by atoms with E-state index in [1.165, 1.54) is 11.0 Å². The number of benzene rings is 1. The van der Waals surface area contributed by atoms with Gasteiger partial charge in [-0.1, -0.05) is 12.1 Å². The third kappa shape index (κ3) is 3.80. The van der Waals surface area contributed by atoms with Crippen molar-refractivity contribution < 1.29 is 18.0 Å². The molecule has 1 N–H and O–H groups in total. The number of carbonyl (C=O) groups excluding carboxylic acids is 1. The van der Waals surface area contributed by atoms with Crippen molar-refractivity contribution in [2.24, 2.45) is 0 Å². The molecular weight excluding hydrogens is 307 g/mol. The van der Waals surface area contributed by atoms with Gasteiger partial charge in [-0.2, -0.15) is 13.2 Å². The van der Waals surface area contributed by atoms with Crippen molar-refractivity contribution in [1.29, 1.82) is 0 Å². The summed E-state index contributed by atoms with van der Waals surface area (Å²) in [5.41, 5.74) is 0.0264. The van der Waals surface area contributed by atoms with Crippen molar-refractivity contribution in [1.82, 2.24) is 9.88 Å². The summed E-state index contributed by atoms with van der Waals surface area (Å²) in [6, 6.07) is 7.73. The number of alkyl halides is 3. The van der Waals surface area contributed by atoms with Crippen LogP contribution in [-0.4, -0.2) is 29.9 Å². The molecule has 0 fully saturated rings. The Bertz CT molecular complexity index is 727. The molecule has 0 spiro atoms. The van der Waals surface area contributed by atoms with Gasteiger partial charge in [0.1, 0.15) is 0 Å². The SMILES string of the molecule is Cc1cc(Nc2ccccc2C(=O)N(C)C)c(C(F)(F)F)cn1. The fraction of sp³-hybridized carbons (Fsp3) is 0.250. The molecule has 0 aliphatic heterocycles. The molecule has 1 aromatic heterocycles. The average Bonchev–Trinajstić information content (AvgIpc) is 2.45. The summed E-state index contributed by atoms with van der Waals surface area (Å²) in [7, 11) is 3.16. The predicted molar refractivity (Wildman–Crippen MR) is 81.7 cm³/mol. The summed E-state index contributed by atoms with van der Waals surface area (Å²) in [6.45, 7) is 1.60. The lowest BCUT2D eigenvalue weighted by Crippen LogP contribution is -2.22. The van der Waals surface area contributed by atoms with Gasteiger partial charge in [-0.05, 0) is 25.1 Å². The lowest BCUT2D eigenvalue weighted by molar-refractivity contribution is -0.137. The number of nitrogens with zero attached hydrogens (tertiary/aromatic N) is 2. The van der Waals surface area contributed by atoms with Crippen LogP contribution in [-0.2, 0) is 6.18 Å². The molecule has 1 amide bonds.